The van der Waals surface area contributed by atoms with Crippen molar-refractivity contribution >= 4 is 33.9 Å². The van der Waals surface area contributed by atoms with Crippen LogP contribution in [0.1, 0.15) is 0 Å². The number of rotatable bonds is 0. The normalized spacial score (nSPS) is 7.71. The van der Waals surface area contributed by atoms with Crippen LogP contribution in [0.2, 0.25) is 0 Å². The SMILES string of the molecule is O=C(Cl)NC(=O)Cl. The third-order valence-corrected chi connectivity index (χ3v) is 0.386. The molecule has 0 unspecified atom stereocenters. The van der Waals surface area contributed by atoms with Crippen molar-refractivity contribution in [1.82, 2.24) is 5.32 Å². The lowest BCUT2D eigenvalue weighted by Gasteiger charge is -1.83. The summed E-state index contributed by atoms with van der Waals surface area (Å²) < 4.78 is 0. The van der Waals surface area contributed by atoms with Gasteiger partial charge in [-0.05, 0) is 23.2 Å². The van der Waals surface area contributed by atoms with E-state index >= 15 is 0 Å². The quantitative estimate of drug-likeness (QED) is 0.409. The fourth-order valence-electron chi connectivity index (χ4n) is 0.0773. The Hall–Kier alpha value is -0.280. The Labute approximate surface area is 49.6 Å². The monoisotopic (exact) mass is 141 g/mol. The van der Waals surface area contributed by atoms with Crippen molar-refractivity contribution < 1.29 is 9.59 Å². The van der Waals surface area contributed by atoms with E-state index in [1.807, 2.05) is 0 Å². The van der Waals surface area contributed by atoms with Crippen LogP contribution in [0, 0.1) is 0 Å². The van der Waals surface area contributed by atoms with Crippen molar-refractivity contribution in [2.45, 2.75) is 0 Å². The summed E-state index contributed by atoms with van der Waals surface area (Å²) in [4.78, 5) is 19.2. The van der Waals surface area contributed by atoms with Crippen LogP contribution in [0.5, 0.6) is 0 Å². The molecule has 0 radical (unpaired) electrons. The molecule has 3 nitrogen and oxygen atoms in total. The molecule has 5 heteroatoms. The van der Waals surface area contributed by atoms with Crippen LogP contribution in [-0.2, 0) is 0 Å². The zero-order valence-corrected chi connectivity index (χ0v) is 4.58. The molecule has 1 N–H and O–H groups in total. The Balaban J connectivity index is 3.32. The highest BCUT2D eigenvalue weighted by Crippen LogP contribution is 1.80. The molecule has 0 aliphatic carbocycles. The van der Waals surface area contributed by atoms with Gasteiger partial charge < -0.3 is 0 Å². The van der Waals surface area contributed by atoms with Gasteiger partial charge in [0.05, 0.1) is 0 Å². The van der Waals surface area contributed by atoms with Gasteiger partial charge in [-0.15, -0.1) is 0 Å². The summed E-state index contributed by atoms with van der Waals surface area (Å²) in [7, 11) is 0. The molecular formula is C2HCl2NO2. The van der Waals surface area contributed by atoms with Gasteiger partial charge in [0, 0.05) is 0 Å². The number of nitrogens with one attached hydrogen (secondary N) is 1. The third kappa shape index (κ3) is 5.72. The molecule has 0 aliphatic heterocycles. The minimum Gasteiger partial charge on any atom is -0.269 e. The van der Waals surface area contributed by atoms with E-state index in [0.717, 1.165) is 0 Å². The fourth-order valence-corrected chi connectivity index (χ4v) is 0.297. The number of carbonyl (C=O) groups is 2. The molecule has 40 valence electrons. The smallest absolute Gasteiger partial charge is 0.269 e. The van der Waals surface area contributed by atoms with Gasteiger partial charge in [-0.2, -0.15) is 0 Å². The van der Waals surface area contributed by atoms with E-state index in [0.29, 0.717) is 0 Å². The van der Waals surface area contributed by atoms with Gasteiger partial charge in [0.2, 0.25) is 0 Å². The van der Waals surface area contributed by atoms with Crippen molar-refractivity contribution in [3.05, 3.63) is 0 Å². The molecule has 0 saturated heterocycles. The lowest BCUT2D eigenvalue weighted by Crippen LogP contribution is -2.18. The molecular weight excluding hydrogens is 141 g/mol. The molecule has 0 aromatic heterocycles. The molecule has 0 spiro atoms. The minimum atomic E-state index is -0.972. The van der Waals surface area contributed by atoms with E-state index in [2.05, 4.69) is 23.2 Å². The van der Waals surface area contributed by atoms with Crippen LogP contribution in [-0.4, -0.2) is 10.7 Å². The van der Waals surface area contributed by atoms with Crippen molar-refractivity contribution in [1.29, 1.82) is 0 Å². The lowest BCUT2D eigenvalue weighted by atomic mass is 11.2. The van der Waals surface area contributed by atoms with Crippen molar-refractivity contribution in [2.75, 3.05) is 0 Å². The summed E-state index contributed by atoms with van der Waals surface area (Å²) >= 11 is 9.23. The molecule has 0 fully saturated rings. The Morgan fingerprint density at radius 1 is 1.14 bits per heavy atom. The molecule has 7 heavy (non-hydrogen) atoms. The van der Waals surface area contributed by atoms with Crippen LogP contribution in [0.4, 0.5) is 9.59 Å². The largest absolute Gasteiger partial charge is 0.321 e. The average molecular weight is 142 g/mol. The summed E-state index contributed by atoms with van der Waals surface area (Å²) in [5, 5.41) is -0.386. The minimum absolute atomic E-state index is 0.972. The summed E-state index contributed by atoms with van der Waals surface area (Å²) in [6.45, 7) is 0. The van der Waals surface area contributed by atoms with Crippen LogP contribution >= 0.6 is 23.2 Å². The standard InChI is InChI=1S/C2HCl2NO2/c3-1(6)5-2(4)7/h(H,5,6,7). The second-order valence-corrected chi connectivity index (χ2v) is 1.36. The highest BCUT2D eigenvalue weighted by Gasteiger charge is 1.96. The first-order valence-corrected chi connectivity index (χ1v) is 2.04. The molecule has 0 rings (SSSR count). The highest BCUT2D eigenvalue weighted by molar-refractivity contribution is 6.71. The number of amides is 2. The Kier molecular flexibility index (Phi) is 2.71. The Bertz CT molecular complexity index is 89.9. The van der Waals surface area contributed by atoms with Crippen molar-refractivity contribution in [3.8, 4) is 0 Å². The highest BCUT2D eigenvalue weighted by atomic mass is 35.5. The van der Waals surface area contributed by atoms with Gasteiger partial charge in [0.15, 0.2) is 0 Å². The second kappa shape index (κ2) is 2.82. The number of carbonyl (C=O) groups excluding carboxylic acids is 2. The van der Waals surface area contributed by atoms with Gasteiger partial charge in [0.25, 0.3) is 0 Å². The topological polar surface area (TPSA) is 46.2 Å². The van der Waals surface area contributed by atoms with Crippen LogP contribution in [0.25, 0.3) is 0 Å². The molecule has 0 bridgehead atoms. The first kappa shape index (κ1) is 6.72. The predicted molar refractivity (Wildman–Crippen MR) is 25.6 cm³/mol. The van der Waals surface area contributed by atoms with E-state index in [-0.39, 0.29) is 0 Å². The van der Waals surface area contributed by atoms with E-state index < -0.39 is 10.7 Å². The fraction of sp³-hybridized carbons (Fsp3) is 0. The average Bonchev–Trinajstić information content (AvgIpc) is 1.27. The molecule has 0 aromatic rings. The molecule has 0 atom stereocenters. The van der Waals surface area contributed by atoms with Crippen LogP contribution in [0.3, 0.4) is 0 Å². The number of hydrogen-bond donors (Lipinski definition) is 1. The summed E-state index contributed by atoms with van der Waals surface area (Å²) in [6, 6.07) is 0. The van der Waals surface area contributed by atoms with Gasteiger partial charge in [0.1, 0.15) is 0 Å². The predicted octanol–water partition coefficient (Wildman–Crippen LogP) is 1.29. The zero-order chi connectivity index (χ0) is 5.86. The summed E-state index contributed by atoms with van der Waals surface area (Å²) in [5.41, 5.74) is 0. The third-order valence-electron chi connectivity index (χ3n) is 0.197. The summed E-state index contributed by atoms with van der Waals surface area (Å²) in [6.07, 6.45) is 0. The number of hydrogen-bond acceptors (Lipinski definition) is 2. The van der Waals surface area contributed by atoms with Gasteiger partial charge in [-0.1, -0.05) is 0 Å². The first-order chi connectivity index (χ1) is 3.13. The van der Waals surface area contributed by atoms with E-state index in [1.54, 1.807) is 5.32 Å². The van der Waals surface area contributed by atoms with Gasteiger partial charge in [-0.3, -0.25) is 14.9 Å². The molecule has 0 aliphatic rings. The molecule has 0 saturated carbocycles. The van der Waals surface area contributed by atoms with Crippen molar-refractivity contribution in [3.63, 3.8) is 0 Å². The number of imide groups is 1. The van der Waals surface area contributed by atoms with E-state index in [4.69, 9.17) is 0 Å². The maximum atomic E-state index is 9.60. The first-order valence-electron chi connectivity index (χ1n) is 1.29. The zero-order valence-electron chi connectivity index (χ0n) is 3.07. The molecule has 0 aromatic carbocycles. The maximum Gasteiger partial charge on any atom is 0.321 e. The van der Waals surface area contributed by atoms with Gasteiger partial charge >= 0.3 is 10.7 Å². The number of halogens is 2. The van der Waals surface area contributed by atoms with E-state index in [1.165, 1.54) is 0 Å². The molecule has 0 heterocycles. The molecule has 2 amide bonds. The van der Waals surface area contributed by atoms with Crippen LogP contribution < -0.4 is 5.32 Å². The van der Waals surface area contributed by atoms with E-state index in [9.17, 15) is 9.59 Å². The Morgan fingerprint density at radius 2 is 1.43 bits per heavy atom. The van der Waals surface area contributed by atoms with Crippen LogP contribution in [0.15, 0.2) is 0 Å². The maximum absolute atomic E-state index is 9.60. The lowest BCUT2D eigenvalue weighted by molar-refractivity contribution is 0.249. The van der Waals surface area contributed by atoms with Gasteiger partial charge in [-0.25, -0.2) is 0 Å². The Morgan fingerprint density at radius 3 is 1.43 bits per heavy atom. The van der Waals surface area contributed by atoms with Crippen molar-refractivity contribution in [2.24, 2.45) is 0 Å². The second-order valence-electron chi connectivity index (χ2n) is 0.672. The summed E-state index contributed by atoms with van der Waals surface area (Å²) in [5.74, 6) is 0.